The van der Waals surface area contributed by atoms with Crippen LogP contribution in [0.2, 0.25) is 0 Å². The molecule has 0 amide bonds. The third-order valence-corrected chi connectivity index (χ3v) is 1.77. The number of nitriles is 1. The lowest BCUT2D eigenvalue weighted by Gasteiger charge is -2.00. The summed E-state index contributed by atoms with van der Waals surface area (Å²) in [4.78, 5) is 0. The minimum absolute atomic E-state index is 0.198. The number of aliphatic hydroxyl groups is 1. The van der Waals surface area contributed by atoms with E-state index in [1.54, 1.807) is 0 Å². The van der Waals surface area contributed by atoms with E-state index in [0.717, 1.165) is 32.1 Å². The molecule has 0 aromatic carbocycles. The molecule has 0 rings (SSSR count). The average molecular weight is 155 g/mol. The van der Waals surface area contributed by atoms with Crippen LogP contribution in [0.25, 0.3) is 0 Å². The number of hydrogen-bond acceptors (Lipinski definition) is 2. The lowest BCUT2D eigenvalue weighted by molar-refractivity contribution is 0.282. The highest BCUT2D eigenvalue weighted by Crippen LogP contribution is 2.08. The fourth-order valence-electron chi connectivity index (χ4n) is 0.980. The molecule has 2 nitrogen and oxygen atoms in total. The molecule has 0 saturated carbocycles. The molecule has 64 valence electrons. The Hall–Kier alpha value is -0.550. The van der Waals surface area contributed by atoms with Crippen LogP contribution in [-0.4, -0.2) is 11.7 Å². The molecule has 0 saturated heterocycles. The SMILES string of the molecule is CC(C#N)CCCCCCO. The first kappa shape index (κ1) is 10.4. The second-order valence-corrected chi connectivity index (χ2v) is 2.96. The van der Waals surface area contributed by atoms with Gasteiger partial charge in [-0.05, 0) is 19.8 Å². The first-order chi connectivity index (χ1) is 5.31. The molecule has 11 heavy (non-hydrogen) atoms. The second-order valence-electron chi connectivity index (χ2n) is 2.96. The summed E-state index contributed by atoms with van der Waals surface area (Å²) in [6.07, 6.45) is 5.26. The van der Waals surface area contributed by atoms with E-state index in [1.807, 2.05) is 6.92 Å². The Labute approximate surface area is 68.8 Å². The maximum atomic E-state index is 8.47. The van der Waals surface area contributed by atoms with Crippen LogP contribution in [0.4, 0.5) is 0 Å². The highest BCUT2D eigenvalue weighted by molar-refractivity contribution is 4.77. The fraction of sp³-hybridized carbons (Fsp3) is 0.889. The van der Waals surface area contributed by atoms with Gasteiger partial charge in [-0.3, -0.25) is 0 Å². The summed E-state index contributed by atoms with van der Waals surface area (Å²) < 4.78 is 0. The topological polar surface area (TPSA) is 44.0 Å². The van der Waals surface area contributed by atoms with Crippen LogP contribution >= 0.6 is 0 Å². The van der Waals surface area contributed by atoms with Gasteiger partial charge in [0, 0.05) is 12.5 Å². The van der Waals surface area contributed by atoms with Crippen molar-refractivity contribution in [2.45, 2.75) is 39.0 Å². The quantitative estimate of drug-likeness (QED) is 0.597. The van der Waals surface area contributed by atoms with Crippen molar-refractivity contribution in [1.29, 1.82) is 5.26 Å². The van der Waals surface area contributed by atoms with Crippen LogP contribution < -0.4 is 0 Å². The lowest BCUT2D eigenvalue weighted by atomic mass is 10.0. The standard InChI is InChI=1S/C9H17NO/c1-9(8-10)6-4-2-3-5-7-11/h9,11H,2-7H2,1H3. The molecule has 2 heteroatoms. The fourth-order valence-corrected chi connectivity index (χ4v) is 0.980. The summed E-state index contributed by atoms with van der Waals surface area (Å²) in [5, 5.41) is 16.9. The van der Waals surface area contributed by atoms with Gasteiger partial charge in [0.15, 0.2) is 0 Å². The molecule has 1 atom stereocenters. The highest BCUT2D eigenvalue weighted by Gasteiger charge is 1.97. The van der Waals surface area contributed by atoms with Gasteiger partial charge in [-0.2, -0.15) is 5.26 Å². The van der Waals surface area contributed by atoms with Crippen molar-refractivity contribution in [2.75, 3.05) is 6.61 Å². The predicted molar refractivity (Wildman–Crippen MR) is 44.9 cm³/mol. The zero-order chi connectivity index (χ0) is 8.53. The van der Waals surface area contributed by atoms with Gasteiger partial charge >= 0.3 is 0 Å². The van der Waals surface area contributed by atoms with Crippen molar-refractivity contribution < 1.29 is 5.11 Å². The average Bonchev–Trinajstić information content (AvgIpc) is 2.04. The van der Waals surface area contributed by atoms with Crippen molar-refractivity contribution in [3.05, 3.63) is 0 Å². The molecule has 0 radical (unpaired) electrons. The Morgan fingerprint density at radius 1 is 1.27 bits per heavy atom. The van der Waals surface area contributed by atoms with Gasteiger partial charge in [-0.25, -0.2) is 0 Å². The minimum atomic E-state index is 0.198. The zero-order valence-electron chi connectivity index (χ0n) is 7.21. The van der Waals surface area contributed by atoms with E-state index in [4.69, 9.17) is 10.4 Å². The van der Waals surface area contributed by atoms with Gasteiger partial charge < -0.3 is 5.11 Å². The molecule has 0 fully saturated rings. The minimum Gasteiger partial charge on any atom is -0.396 e. The largest absolute Gasteiger partial charge is 0.396 e. The van der Waals surface area contributed by atoms with Crippen LogP contribution in [0.3, 0.4) is 0 Å². The molecular formula is C9H17NO. The highest BCUT2D eigenvalue weighted by atomic mass is 16.2. The normalized spacial score (nSPS) is 12.5. The molecule has 0 bridgehead atoms. The molecule has 1 unspecified atom stereocenters. The van der Waals surface area contributed by atoms with Crippen LogP contribution in [0, 0.1) is 17.2 Å². The summed E-state index contributed by atoms with van der Waals surface area (Å²) in [7, 11) is 0. The van der Waals surface area contributed by atoms with Gasteiger partial charge in [0.1, 0.15) is 0 Å². The van der Waals surface area contributed by atoms with Crippen LogP contribution in [0.5, 0.6) is 0 Å². The van der Waals surface area contributed by atoms with Crippen LogP contribution in [0.15, 0.2) is 0 Å². The molecule has 0 aromatic rings. The van der Waals surface area contributed by atoms with E-state index < -0.39 is 0 Å². The maximum absolute atomic E-state index is 8.47. The molecule has 1 N–H and O–H groups in total. The second kappa shape index (κ2) is 7.56. The van der Waals surface area contributed by atoms with E-state index >= 15 is 0 Å². The summed E-state index contributed by atoms with van der Waals surface area (Å²) in [5.74, 6) is 0.198. The molecule has 0 spiro atoms. The van der Waals surface area contributed by atoms with E-state index in [-0.39, 0.29) is 5.92 Å². The smallest absolute Gasteiger partial charge is 0.0652 e. The van der Waals surface area contributed by atoms with Gasteiger partial charge in [-0.15, -0.1) is 0 Å². The van der Waals surface area contributed by atoms with Gasteiger partial charge in [0.05, 0.1) is 6.07 Å². The third-order valence-electron chi connectivity index (χ3n) is 1.77. The van der Waals surface area contributed by atoms with Gasteiger partial charge in [0.2, 0.25) is 0 Å². The molecule has 0 aliphatic carbocycles. The first-order valence-electron chi connectivity index (χ1n) is 4.31. The number of nitrogens with zero attached hydrogens (tertiary/aromatic N) is 1. The Morgan fingerprint density at radius 2 is 1.91 bits per heavy atom. The first-order valence-corrected chi connectivity index (χ1v) is 4.31. The molecule has 0 aliphatic heterocycles. The lowest BCUT2D eigenvalue weighted by Crippen LogP contribution is -1.90. The molecule has 0 heterocycles. The van der Waals surface area contributed by atoms with Crippen LogP contribution in [-0.2, 0) is 0 Å². The molecule has 0 aromatic heterocycles. The van der Waals surface area contributed by atoms with E-state index in [0.29, 0.717) is 6.61 Å². The van der Waals surface area contributed by atoms with Crippen LogP contribution in [0.1, 0.15) is 39.0 Å². The third kappa shape index (κ3) is 7.35. The monoisotopic (exact) mass is 155 g/mol. The van der Waals surface area contributed by atoms with Gasteiger partial charge in [-0.1, -0.05) is 19.3 Å². The number of rotatable bonds is 6. The van der Waals surface area contributed by atoms with E-state index in [2.05, 4.69) is 6.07 Å². The van der Waals surface area contributed by atoms with Crippen molar-refractivity contribution >= 4 is 0 Å². The summed E-state index contributed by atoms with van der Waals surface area (Å²) in [5.41, 5.74) is 0. The number of aliphatic hydroxyl groups excluding tert-OH is 1. The Bertz CT molecular complexity index is 117. The number of hydrogen-bond donors (Lipinski definition) is 1. The Morgan fingerprint density at radius 3 is 2.45 bits per heavy atom. The van der Waals surface area contributed by atoms with Crippen molar-refractivity contribution in [3.8, 4) is 6.07 Å². The molecule has 0 aliphatic rings. The summed E-state index contributed by atoms with van der Waals surface area (Å²) in [6.45, 7) is 2.25. The van der Waals surface area contributed by atoms with Crippen molar-refractivity contribution in [2.24, 2.45) is 5.92 Å². The van der Waals surface area contributed by atoms with Crippen molar-refractivity contribution in [1.82, 2.24) is 0 Å². The van der Waals surface area contributed by atoms with E-state index in [9.17, 15) is 0 Å². The maximum Gasteiger partial charge on any atom is 0.0652 e. The van der Waals surface area contributed by atoms with Gasteiger partial charge in [0.25, 0.3) is 0 Å². The van der Waals surface area contributed by atoms with E-state index in [1.165, 1.54) is 0 Å². The summed E-state index contributed by atoms with van der Waals surface area (Å²) in [6, 6.07) is 2.21. The number of unbranched alkanes of at least 4 members (excludes halogenated alkanes) is 3. The predicted octanol–water partition coefficient (Wildman–Crippen LogP) is 2.09. The molecular weight excluding hydrogens is 138 g/mol. The zero-order valence-corrected chi connectivity index (χ0v) is 7.21. The van der Waals surface area contributed by atoms with Crippen molar-refractivity contribution in [3.63, 3.8) is 0 Å². The summed E-state index contributed by atoms with van der Waals surface area (Å²) >= 11 is 0. The Balaban J connectivity index is 2.97. The Kier molecular flexibility index (Phi) is 7.18.